The van der Waals surface area contributed by atoms with Crippen LogP contribution < -0.4 is 5.32 Å². The molecule has 7 heteroatoms. The fraction of sp³-hybridized carbons (Fsp3) is 0.111. The minimum atomic E-state index is 0.206. The number of aryl methyl sites for hydroxylation is 1. The fourth-order valence-corrected chi connectivity index (χ4v) is 1.70. The van der Waals surface area contributed by atoms with E-state index in [4.69, 9.17) is 34.8 Å². The number of hydrogen-bond donors (Lipinski definition) is 1. The number of pyridine rings is 1. The van der Waals surface area contributed by atoms with E-state index in [-0.39, 0.29) is 5.15 Å². The van der Waals surface area contributed by atoms with Crippen molar-refractivity contribution in [2.75, 3.05) is 5.32 Å². The van der Waals surface area contributed by atoms with Crippen molar-refractivity contribution < 1.29 is 0 Å². The molecule has 0 spiro atoms. The van der Waals surface area contributed by atoms with E-state index in [0.717, 1.165) is 5.69 Å². The smallest absolute Gasteiger partial charge is 0.151 e. The standard InChI is InChI=1S/C9H7Cl3N4/c1-16-4-5(3-13-16)14-9-7(11)2-6(10)8(12)15-9/h2-4H,1H3,(H,14,15). The Morgan fingerprint density at radius 2 is 2.00 bits per heavy atom. The van der Waals surface area contributed by atoms with Crippen LogP contribution >= 0.6 is 34.8 Å². The molecule has 2 aromatic heterocycles. The van der Waals surface area contributed by atoms with Crippen molar-refractivity contribution in [2.45, 2.75) is 0 Å². The maximum atomic E-state index is 5.96. The molecule has 0 fully saturated rings. The molecule has 0 aromatic carbocycles. The van der Waals surface area contributed by atoms with Crippen LogP contribution in [0.25, 0.3) is 0 Å². The number of hydrogen-bond acceptors (Lipinski definition) is 3. The van der Waals surface area contributed by atoms with Gasteiger partial charge in [-0.25, -0.2) is 4.98 Å². The molecule has 2 rings (SSSR count). The predicted octanol–water partition coefficient (Wildman–Crippen LogP) is 3.52. The van der Waals surface area contributed by atoms with E-state index in [0.29, 0.717) is 15.9 Å². The van der Waals surface area contributed by atoms with Gasteiger partial charge in [0.15, 0.2) is 5.82 Å². The van der Waals surface area contributed by atoms with Crippen LogP contribution in [0, 0.1) is 0 Å². The Balaban J connectivity index is 2.31. The molecule has 16 heavy (non-hydrogen) atoms. The van der Waals surface area contributed by atoms with Gasteiger partial charge in [0, 0.05) is 13.2 Å². The van der Waals surface area contributed by atoms with E-state index < -0.39 is 0 Å². The molecule has 0 saturated carbocycles. The second-order valence-corrected chi connectivity index (χ2v) is 4.29. The summed E-state index contributed by atoms with van der Waals surface area (Å²) in [6.45, 7) is 0. The summed E-state index contributed by atoms with van der Waals surface area (Å²) >= 11 is 17.5. The van der Waals surface area contributed by atoms with Gasteiger partial charge in [-0.1, -0.05) is 34.8 Å². The molecule has 0 aliphatic carbocycles. The highest BCUT2D eigenvalue weighted by molar-refractivity contribution is 6.42. The van der Waals surface area contributed by atoms with Crippen LogP contribution in [0.15, 0.2) is 18.5 Å². The van der Waals surface area contributed by atoms with Crippen molar-refractivity contribution >= 4 is 46.3 Å². The Morgan fingerprint density at radius 1 is 1.25 bits per heavy atom. The first-order valence-corrected chi connectivity index (χ1v) is 5.47. The van der Waals surface area contributed by atoms with Crippen LogP contribution in [0.5, 0.6) is 0 Å². The summed E-state index contributed by atoms with van der Waals surface area (Å²) in [5, 5.41) is 7.93. The van der Waals surface area contributed by atoms with Crippen molar-refractivity contribution in [1.29, 1.82) is 0 Å². The van der Waals surface area contributed by atoms with Crippen molar-refractivity contribution in [2.24, 2.45) is 7.05 Å². The van der Waals surface area contributed by atoms with Crippen LogP contribution in [0.1, 0.15) is 0 Å². The summed E-state index contributed by atoms with van der Waals surface area (Å²) in [5.41, 5.74) is 0.773. The molecule has 0 amide bonds. The molecule has 0 saturated heterocycles. The van der Waals surface area contributed by atoms with Crippen LogP contribution in [-0.2, 0) is 7.05 Å². The molecule has 2 heterocycles. The molecule has 0 bridgehead atoms. The second kappa shape index (κ2) is 4.49. The average Bonchev–Trinajstić information content (AvgIpc) is 2.60. The van der Waals surface area contributed by atoms with Gasteiger partial charge in [-0.3, -0.25) is 4.68 Å². The predicted molar refractivity (Wildman–Crippen MR) is 65.8 cm³/mol. The van der Waals surface area contributed by atoms with Gasteiger partial charge in [0.1, 0.15) is 5.15 Å². The van der Waals surface area contributed by atoms with Crippen LogP contribution in [0.4, 0.5) is 11.5 Å². The normalized spacial score (nSPS) is 10.5. The first-order valence-electron chi connectivity index (χ1n) is 4.33. The van der Waals surface area contributed by atoms with E-state index in [1.807, 2.05) is 7.05 Å². The third-order valence-corrected chi connectivity index (χ3v) is 2.82. The zero-order valence-electron chi connectivity index (χ0n) is 8.21. The highest BCUT2D eigenvalue weighted by atomic mass is 35.5. The van der Waals surface area contributed by atoms with Gasteiger partial charge in [0.2, 0.25) is 0 Å². The maximum absolute atomic E-state index is 5.96. The molecule has 1 N–H and O–H groups in total. The van der Waals surface area contributed by atoms with Gasteiger partial charge in [0.25, 0.3) is 0 Å². The van der Waals surface area contributed by atoms with Crippen LogP contribution in [0.3, 0.4) is 0 Å². The summed E-state index contributed by atoms with van der Waals surface area (Å²) in [6, 6.07) is 1.54. The summed E-state index contributed by atoms with van der Waals surface area (Å²) in [5.74, 6) is 0.448. The van der Waals surface area contributed by atoms with E-state index in [9.17, 15) is 0 Å². The summed E-state index contributed by atoms with van der Waals surface area (Å²) in [4.78, 5) is 4.03. The van der Waals surface area contributed by atoms with E-state index >= 15 is 0 Å². The first kappa shape index (κ1) is 11.5. The number of rotatable bonds is 2. The highest BCUT2D eigenvalue weighted by Crippen LogP contribution is 2.30. The Bertz CT molecular complexity index is 523. The third-order valence-electron chi connectivity index (χ3n) is 1.85. The molecule has 84 valence electrons. The summed E-state index contributed by atoms with van der Waals surface area (Å²) in [6.07, 6.45) is 3.45. The number of halogens is 3. The molecule has 0 aliphatic rings. The van der Waals surface area contributed by atoms with E-state index in [2.05, 4.69) is 15.4 Å². The first-order chi connectivity index (χ1) is 7.56. The number of nitrogens with zero attached hydrogens (tertiary/aromatic N) is 3. The lowest BCUT2D eigenvalue weighted by atomic mass is 10.4. The molecule has 4 nitrogen and oxygen atoms in total. The highest BCUT2D eigenvalue weighted by Gasteiger charge is 2.08. The lowest BCUT2D eigenvalue weighted by Crippen LogP contribution is -1.94. The topological polar surface area (TPSA) is 42.7 Å². The maximum Gasteiger partial charge on any atom is 0.151 e. The quantitative estimate of drug-likeness (QED) is 0.854. The van der Waals surface area contributed by atoms with Crippen LogP contribution in [-0.4, -0.2) is 14.8 Å². The van der Waals surface area contributed by atoms with Gasteiger partial charge < -0.3 is 5.32 Å². The minimum Gasteiger partial charge on any atom is -0.336 e. The zero-order valence-corrected chi connectivity index (χ0v) is 10.5. The van der Waals surface area contributed by atoms with E-state index in [1.54, 1.807) is 17.1 Å². The van der Waals surface area contributed by atoms with Gasteiger partial charge in [0.05, 0.1) is 21.9 Å². The minimum absolute atomic E-state index is 0.206. The van der Waals surface area contributed by atoms with Gasteiger partial charge >= 0.3 is 0 Å². The van der Waals surface area contributed by atoms with Crippen molar-refractivity contribution in [3.05, 3.63) is 33.7 Å². The SMILES string of the molecule is Cn1cc(Nc2nc(Cl)c(Cl)cc2Cl)cn1. The average molecular weight is 278 g/mol. The molecule has 0 radical (unpaired) electrons. The summed E-state index contributed by atoms with van der Waals surface area (Å²) < 4.78 is 1.66. The number of aromatic nitrogens is 3. The lowest BCUT2D eigenvalue weighted by Gasteiger charge is -2.06. The van der Waals surface area contributed by atoms with Crippen molar-refractivity contribution in [3.8, 4) is 0 Å². The molecule has 0 aliphatic heterocycles. The lowest BCUT2D eigenvalue weighted by molar-refractivity contribution is 0.768. The van der Waals surface area contributed by atoms with E-state index in [1.165, 1.54) is 6.07 Å². The van der Waals surface area contributed by atoms with Crippen molar-refractivity contribution in [1.82, 2.24) is 14.8 Å². The zero-order chi connectivity index (χ0) is 11.7. The number of anilines is 2. The van der Waals surface area contributed by atoms with Gasteiger partial charge in [-0.05, 0) is 6.07 Å². The summed E-state index contributed by atoms with van der Waals surface area (Å²) in [7, 11) is 1.81. The molecular formula is C9H7Cl3N4. The van der Waals surface area contributed by atoms with Crippen LogP contribution in [0.2, 0.25) is 15.2 Å². The second-order valence-electron chi connectivity index (χ2n) is 3.12. The van der Waals surface area contributed by atoms with Gasteiger partial charge in [-0.2, -0.15) is 5.10 Å². The Hall–Kier alpha value is -0.970. The molecule has 0 atom stereocenters. The molecule has 0 unspecified atom stereocenters. The monoisotopic (exact) mass is 276 g/mol. The molecular weight excluding hydrogens is 270 g/mol. The fourth-order valence-electron chi connectivity index (χ4n) is 1.15. The Morgan fingerprint density at radius 3 is 2.62 bits per heavy atom. The Labute approximate surface area is 107 Å². The molecule has 2 aromatic rings. The third kappa shape index (κ3) is 2.40. The van der Waals surface area contributed by atoms with Gasteiger partial charge in [-0.15, -0.1) is 0 Å². The largest absolute Gasteiger partial charge is 0.336 e. The van der Waals surface area contributed by atoms with Crippen molar-refractivity contribution in [3.63, 3.8) is 0 Å². The Kier molecular flexibility index (Phi) is 3.23. The number of nitrogens with one attached hydrogen (secondary N) is 1.